The van der Waals surface area contributed by atoms with Gasteiger partial charge in [-0.25, -0.2) is 4.98 Å². The first kappa shape index (κ1) is 18.4. The monoisotopic (exact) mass is 352 g/mol. The van der Waals surface area contributed by atoms with Crippen LogP contribution in [0.4, 0.5) is 11.5 Å². The first-order valence-electron chi connectivity index (χ1n) is 9.47. The normalized spacial score (nSPS) is 16.0. The molecular formula is C21H28N4O. The van der Waals surface area contributed by atoms with Crippen LogP contribution in [0.25, 0.3) is 0 Å². The average Bonchev–Trinajstić information content (AvgIpc) is 3.01. The molecule has 1 N–H and O–H groups in total. The summed E-state index contributed by atoms with van der Waals surface area (Å²) < 4.78 is 0. The SMILES string of the molecule is CCN(CC)CCNC(=O)c1ccnc(N2c3ccccc3CC2C)c1. The van der Waals surface area contributed by atoms with Crippen molar-refractivity contribution in [2.24, 2.45) is 0 Å². The second kappa shape index (κ2) is 8.32. The molecule has 0 spiro atoms. The molecule has 0 saturated heterocycles. The van der Waals surface area contributed by atoms with Gasteiger partial charge in [0.05, 0.1) is 0 Å². The zero-order valence-corrected chi connectivity index (χ0v) is 15.9. The first-order chi connectivity index (χ1) is 12.6. The maximum absolute atomic E-state index is 12.5. The molecule has 1 amide bonds. The Kier molecular flexibility index (Phi) is 5.89. The number of anilines is 2. The zero-order chi connectivity index (χ0) is 18.5. The Morgan fingerprint density at radius 3 is 2.81 bits per heavy atom. The van der Waals surface area contributed by atoms with Crippen molar-refractivity contribution in [3.63, 3.8) is 0 Å². The highest BCUT2D eigenvalue weighted by Gasteiger charge is 2.27. The molecular weight excluding hydrogens is 324 g/mol. The highest BCUT2D eigenvalue weighted by atomic mass is 16.1. The van der Waals surface area contributed by atoms with Gasteiger partial charge in [0.15, 0.2) is 0 Å². The van der Waals surface area contributed by atoms with Gasteiger partial charge in [0, 0.05) is 36.6 Å². The molecule has 1 aromatic heterocycles. The minimum Gasteiger partial charge on any atom is -0.351 e. The molecule has 0 aliphatic carbocycles. The number of likely N-dealkylation sites (N-methyl/N-ethyl adjacent to an activating group) is 1. The van der Waals surface area contributed by atoms with Crippen LogP contribution in [0.5, 0.6) is 0 Å². The van der Waals surface area contributed by atoms with E-state index < -0.39 is 0 Å². The van der Waals surface area contributed by atoms with E-state index in [0.717, 1.165) is 31.9 Å². The minimum atomic E-state index is -0.0408. The van der Waals surface area contributed by atoms with Crippen LogP contribution in [-0.2, 0) is 6.42 Å². The number of carbonyl (C=O) groups excluding carboxylic acids is 1. The first-order valence-corrected chi connectivity index (χ1v) is 9.47. The summed E-state index contributed by atoms with van der Waals surface area (Å²) in [5, 5.41) is 3.02. The number of rotatable bonds is 7. The number of aromatic nitrogens is 1. The molecule has 0 fully saturated rings. The van der Waals surface area contributed by atoms with E-state index in [9.17, 15) is 4.79 Å². The Balaban J connectivity index is 1.72. The Morgan fingerprint density at radius 2 is 2.04 bits per heavy atom. The van der Waals surface area contributed by atoms with Crippen molar-refractivity contribution in [2.75, 3.05) is 31.1 Å². The number of nitrogens with zero attached hydrogens (tertiary/aromatic N) is 3. The van der Waals surface area contributed by atoms with E-state index >= 15 is 0 Å². The van der Waals surface area contributed by atoms with Crippen molar-refractivity contribution < 1.29 is 4.79 Å². The second-order valence-electron chi connectivity index (χ2n) is 6.74. The largest absolute Gasteiger partial charge is 0.351 e. The number of benzene rings is 1. The van der Waals surface area contributed by atoms with Crippen LogP contribution in [0.2, 0.25) is 0 Å². The van der Waals surface area contributed by atoms with Gasteiger partial charge in [-0.15, -0.1) is 0 Å². The van der Waals surface area contributed by atoms with Gasteiger partial charge in [-0.1, -0.05) is 32.0 Å². The van der Waals surface area contributed by atoms with Crippen molar-refractivity contribution in [3.8, 4) is 0 Å². The highest BCUT2D eigenvalue weighted by molar-refractivity contribution is 5.95. The summed E-state index contributed by atoms with van der Waals surface area (Å²) in [6.45, 7) is 9.98. The maximum Gasteiger partial charge on any atom is 0.251 e. The molecule has 2 aromatic rings. The van der Waals surface area contributed by atoms with Gasteiger partial charge in [0.25, 0.3) is 5.91 Å². The summed E-state index contributed by atoms with van der Waals surface area (Å²) in [6.07, 6.45) is 2.72. The Hall–Kier alpha value is -2.40. The van der Waals surface area contributed by atoms with Crippen molar-refractivity contribution in [1.82, 2.24) is 15.2 Å². The van der Waals surface area contributed by atoms with E-state index in [-0.39, 0.29) is 5.91 Å². The lowest BCUT2D eigenvalue weighted by Crippen LogP contribution is -2.35. The molecule has 5 heteroatoms. The third-order valence-electron chi connectivity index (χ3n) is 5.07. The molecule has 0 radical (unpaired) electrons. The van der Waals surface area contributed by atoms with Gasteiger partial charge in [-0.3, -0.25) is 4.79 Å². The van der Waals surface area contributed by atoms with Crippen LogP contribution in [0, 0.1) is 0 Å². The number of fused-ring (bicyclic) bond motifs is 1. The fourth-order valence-electron chi connectivity index (χ4n) is 3.58. The molecule has 0 saturated carbocycles. The summed E-state index contributed by atoms with van der Waals surface area (Å²) in [5.41, 5.74) is 3.17. The summed E-state index contributed by atoms with van der Waals surface area (Å²) in [5.74, 6) is 0.791. The van der Waals surface area contributed by atoms with Crippen molar-refractivity contribution >= 4 is 17.4 Å². The molecule has 138 valence electrons. The summed E-state index contributed by atoms with van der Waals surface area (Å²) >= 11 is 0. The summed E-state index contributed by atoms with van der Waals surface area (Å²) in [4.78, 5) is 21.6. The van der Waals surface area contributed by atoms with Crippen LogP contribution in [0.3, 0.4) is 0 Å². The summed E-state index contributed by atoms with van der Waals surface area (Å²) in [7, 11) is 0. The van der Waals surface area contributed by atoms with Gasteiger partial charge < -0.3 is 15.1 Å². The number of nitrogens with one attached hydrogen (secondary N) is 1. The van der Waals surface area contributed by atoms with E-state index in [4.69, 9.17) is 0 Å². The molecule has 0 bridgehead atoms. The highest BCUT2D eigenvalue weighted by Crippen LogP contribution is 2.37. The molecule has 1 aliphatic rings. The Labute approximate surface area is 156 Å². The maximum atomic E-state index is 12.5. The van der Waals surface area contributed by atoms with Crippen molar-refractivity contribution in [3.05, 3.63) is 53.7 Å². The lowest BCUT2D eigenvalue weighted by atomic mass is 10.1. The molecule has 1 aromatic carbocycles. The smallest absolute Gasteiger partial charge is 0.251 e. The van der Waals surface area contributed by atoms with Crippen molar-refractivity contribution in [2.45, 2.75) is 33.2 Å². The van der Waals surface area contributed by atoms with Gasteiger partial charge >= 0.3 is 0 Å². The molecule has 5 nitrogen and oxygen atoms in total. The number of amides is 1. The van der Waals surface area contributed by atoms with E-state index in [0.29, 0.717) is 18.2 Å². The lowest BCUT2D eigenvalue weighted by Gasteiger charge is -2.24. The van der Waals surface area contributed by atoms with Gasteiger partial charge in [0.2, 0.25) is 0 Å². The number of hydrogen-bond acceptors (Lipinski definition) is 4. The number of hydrogen-bond donors (Lipinski definition) is 1. The van der Waals surface area contributed by atoms with Crippen LogP contribution < -0.4 is 10.2 Å². The van der Waals surface area contributed by atoms with Crippen LogP contribution in [0.15, 0.2) is 42.6 Å². The Bertz CT molecular complexity index is 757. The number of pyridine rings is 1. The molecule has 1 unspecified atom stereocenters. The van der Waals surface area contributed by atoms with Gasteiger partial charge in [-0.2, -0.15) is 0 Å². The van der Waals surface area contributed by atoms with E-state index in [2.05, 4.69) is 59.1 Å². The van der Waals surface area contributed by atoms with Crippen LogP contribution in [0.1, 0.15) is 36.7 Å². The van der Waals surface area contributed by atoms with E-state index in [1.807, 2.05) is 12.1 Å². The van der Waals surface area contributed by atoms with Crippen LogP contribution >= 0.6 is 0 Å². The molecule has 1 atom stereocenters. The lowest BCUT2D eigenvalue weighted by molar-refractivity contribution is 0.0949. The third kappa shape index (κ3) is 3.88. The van der Waals surface area contributed by atoms with Crippen molar-refractivity contribution in [1.29, 1.82) is 0 Å². The standard InChI is InChI=1S/C21H28N4O/c1-4-24(5-2)13-12-23-21(26)18-10-11-22-20(15-18)25-16(3)14-17-8-6-7-9-19(17)25/h6-11,15-16H,4-5,12-14H2,1-3H3,(H,23,26). The average molecular weight is 352 g/mol. The third-order valence-corrected chi connectivity index (χ3v) is 5.07. The predicted octanol–water partition coefficient (Wildman–Crippen LogP) is 3.24. The Morgan fingerprint density at radius 1 is 1.27 bits per heavy atom. The fourth-order valence-corrected chi connectivity index (χ4v) is 3.58. The molecule has 2 heterocycles. The zero-order valence-electron chi connectivity index (χ0n) is 15.9. The van der Waals surface area contributed by atoms with Gasteiger partial charge in [-0.05, 0) is 50.2 Å². The predicted molar refractivity (Wildman–Crippen MR) is 106 cm³/mol. The van der Waals surface area contributed by atoms with Gasteiger partial charge in [0.1, 0.15) is 5.82 Å². The van der Waals surface area contributed by atoms with E-state index in [1.54, 1.807) is 12.3 Å². The van der Waals surface area contributed by atoms with E-state index in [1.165, 1.54) is 11.3 Å². The van der Waals surface area contributed by atoms with Crippen LogP contribution in [-0.4, -0.2) is 48.0 Å². The molecule has 1 aliphatic heterocycles. The molecule has 26 heavy (non-hydrogen) atoms. The number of carbonyl (C=O) groups is 1. The molecule has 3 rings (SSSR count). The fraction of sp³-hybridized carbons (Fsp3) is 0.429. The second-order valence-corrected chi connectivity index (χ2v) is 6.74. The quantitative estimate of drug-likeness (QED) is 0.831. The summed E-state index contributed by atoms with van der Waals surface area (Å²) in [6, 6.07) is 12.4. The number of para-hydroxylation sites is 1. The topological polar surface area (TPSA) is 48.5 Å². The minimum absolute atomic E-state index is 0.0408.